The molecule has 0 saturated heterocycles. The van der Waals surface area contributed by atoms with Crippen LogP contribution in [0.4, 0.5) is 0 Å². The third kappa shape index (κ3) is 3.96. The monoisotopic (exact) mass is 282 g/mol. The number of carbonyl (C=O) groups is 2. The molecule has 19 heavy (non-hydrogen) atoms. The van der Waals surface area contributed by atoms with Crippen LogP contribution in [0.5, 0.6) is 0 Å². The Bertz CT molecular complexity index is 483. The van der Waals surface area contributed by atoms with Gasteiger partial charge in [-0.1, -0.05) is 20.8 Å². The van der Waals surface area contributed by atoms with Crippen LogP contribution in [-0.2, 0) is 4.79 Å². The van der Waals surface area contributed by atoms with Crippen molar-refractivity contribution < 1.29 is 14.7 Å². The van der Waals surface area contributed by atoms with E-state index in [0.29, 0.717) is 10.6 Å². The lowest BCUT2D eigenvalue weighted by Crippen LogP contribution is -2.49. The average molecular weight is 282 g/mol. The molecule has 0 aliphatic heterocycles. The Morgan fingerprint density at radius 2 is 2.05 bits per heavy atom. The van der Waals surface area contributed by atoms with Gasteiger partial charge in [-0.05, 0) is 23.8 Å². The molecule has 0 saturated carbocycles. The quantitative estimate of drug-likeness (QED) is 0.826. The van der Waals surface area contributed by atoms with Crippen LogP contribution in [0.2, 0.25) is 0 Å². The number of hydrogen-bond acceptors (Lipinski definition) is 4. The van der Waals surface area contributed by atoms with Crippen LogP contribution in [0.15, 0.2) is 23.4 Å². The standard InChI is InChI=1S/C13H18N2O3S/c1-13(2,3)9(12(17)18)15-10(16)8-6-5-7-14-11(8)19-4/h5-7,9H,1-4H3,(H,15,16)(H,17,18)/t9-/m1/s1. The van der Waals surface area contributed by atoms with E-state index in [-0.39, 0.29) is 0 Å². The van der Waals surface area contributed by atoms with E-state index < -0.39 is 23.3 Å². The number of aliphatic carboxylic acids is 1. The first-order valence-electron chi connectivity index (χ1n) is 5.80. The maximum atomic E-state index is 12.2. The third-order valence-corrected chi connectivity index (χ3v) is 3.31. The van der Waals surface area contributed by atoms with Gasteiger partial charge in [0.25, 0.3) is 5.91 Å². The average Bonchev–Trinajstić information content (AvgIpc) is 2.33. The molecule has 1 aromatic heterocycles. The zero-order valence-electron chi connectivity index (χ0n) is 11.4. The molecule has 5 nitrogen and oxygen atoms in total. The number of carboxylic acids is 1. The number of nitrogens with zero attached hydrogens (tertiary/aromatic N) is 1. The van der Waals surface area contributed by atoms with Gasteiger partial charge >= 0.3 is 5.97 Å². The SMILES string of the molecule is CSc1ncccc1C(=O)N[C@H](C(=O)O)C(C)(C)C. The Morgan fingerprint density at radius 3 is 2.53 bits per heavy atom. The number of carboxylic acid groups (broad SMARTS) is 1. The number of rotatable bonds is 4. The van der Waals surface area contributed by atoms with E-state index in [1.165, 1.54) is 11.8 Å². The lowest BCUT2D eigenvalue weighted by molar-refractivity contribution is -0.142. The molecular formula is C13H18N2O3S. The molecule has 1 aromatic rings. The summed E-state index contributed by atoms with van der Waals surface area (Å²) in [5, 5.41) is 12.3. The second-order valence-electron chi connectivity index (χ2n) is 5.17. The Labute approximate surface area is 116 Å². The van der Waals surface area contributed by atoms with Crippen molar-refractivity contribution in [1.29, 1.82) is 0 Å². The van der Waals surface area contributed by atoms with E-state index in [1.54, 1.807) is 39.1 Å². The van der Waals surface area contributed by atoms with E-state index >= 15 is 0 Å². The second kappa shape index (κ2) is 6.06. The van der Waals surface area contributed by atoms with Crippen molar-refractivity contribution in [3.05, 3.63) is 23.9 Å². The maximum absolute atomic E-state index is 12.2. The lowest BCUT2D eigenvalue weighted by Gasteiger charge is -2.27. The highest BCUT2D eigenvalue weighted by molar-refractivity contribution is 7.98. The zero-order chi connectivity index (χ0) is 14.6. The molecule has 0 unspecified atom stereocenters. The van der Waals surface area contributed by atoms with Crippen LogP contribution in [0, 0.1) is 5.41 Å². The minimum absolute atomic E-state index is 0.394. The first-order chi connectivity index (χ1) is 8.77. The summed E-state index contributed by atoms with van der Waals surface area (Å²) in [5.74, 6) is -1.46. The summed E-state index contributed by atoms with van der Waals surface area (Å²) in [6, 6.07) is 2.34. The highest BCUT2D eigenvalue weighted by Crippen LogP contribution is 2.21. The van der Waals surface area contributed by atoms with Crippen molar-refractivity contribution in [2.45, 2.75) is 31.8 Å². The van der Waals surface area contributed by atoms with Gasteiger partial charge in [0, 0.05) is 6.20 Å². The van der Waals surface area contributed by atoms with Gasteiger partial charge in [-0.3, -0.25) is 4.79 Å². The molecule has 1 rings (SSSR count). The summed E-state index contributed by atoms with van der Waals surface area (Å²) in [6.07, 6.45) is 3.42. The van der Waals surface area contributed by atoms with Crippen molar-refractivity contribution in [2.75, 3.05) is 6.26 Å². The number of nitrogens with one attached hydrogen (secondary N) is 1. The third-order valence-electron chi connectivity index (χ3n) is 2.60. The van der Waals surface area contributed by atoms with Crippen LogP contribution in [0.25, 0.3) is 0 Å². The van der Waals surface area contributed by atoms with Gasteiger partial charge in [0.15, 0.2) is 0 Å². The number of carbonyl (C=O) groups excluding carboxylic acids is 1. The summed E-state index contributed by atoms with van der Waals surface area (Å²) in [4.78, 5) is 27.5. The van der Waals surface area contributed by atoms with Gasteiger partial charge in [0.1, 0.15) is 11.1 Å². The molecule has 0 aliphatic rings. The topological polar surface area (TPSA) is 79.3 Å². The molecule has 0 bridgehead atoms. The summed E-state index contributed by atoms with van der Waals surface area (Å²) in [6.45, 7) is 5.31. The summed E-state index contributed by atoms with van der Waals surface area (Å²) in [5.41, 5.74) is -0.172. The number of amides is 1. The molecule has 0 aromatic carbocycles. The molecule has 1 amide bonds. The molecule has 1 heterocycles. The molecule has 0 radical (unpaired) electrons. The fourth-order valence-corrected chi connectivity index (χ4v) is 2.13. The molecule has 0 fully saturated rings. The van der Waals surface area contributed by atoms with Gasteiger partial charge in [-0.2, -0.15) is 0 Å². The Kier molecular flexibility index (Phi) is 4.94. The molecule has 104 valence electrons. The van der Waals surface area contributed by atoms with Crippen molar-refractivity contribution >= 4 is 23.6 Å². The van der Waals surface area contributed by atoms with Crippen molar-refractivity contribution in [3.8, 4) is 0 Å². The largest absolute Gasteiger partial charge is 0.480 e. The van der Waals surface area contributed by atoms with Gasteiger partial charge in [0.05, 0.1) is 5.56 Å². The van der Waals surface area contributed by atoms with Crippen LogP contribution >= 0.6 is 11.8 Å². The van der Waals surface area contributed by atoms with Crippen LogP contribution in [-0.4, -0.2) is 34.3 Å². The molecule has 0 spiro atoms. The summed E-state index contributed by atoms with van der Waals surface area (Å²) in [7, 11) is 0. The van der Waals surface area contributed by atoms with Gasteiger partial charge in [0.2, 0.25) is 0 Å². The van der Waals surface area contributed by atoms with Crippen LogP contribution < -0.4 is 5.32 Å². The van der Waals surface area contributed by atoms with Crippen molar-refractivity contribution in [3.63, 3.8) is 0 Å². The lowest BCUT2D eigenvalue weighted by atomic mass is 9.86. The normalized spacial score (nSPS) is 12.8. The van der Waals surface area contributed by atoms with Crippen LogP contribution in [0.3, 0.4) is 0 Å². The van der Waals surface area contributed by atoms with Crippen molar-refractivity contribution in [2.24, 2.45) is 5.41 Å². The molecule has 6 heteroatoms. The summed E-state index contributed by atoms with van der Waals surface area (Å²) < 4.78 is 0. The molecule has 2 N–H and O–H groups in total. The molecule has 0 aliphatic carbocycles. The number of thioether (sulfide) groups is 1. The predicted molar refractivity (Wildman–Crippen MR) is 74.4 cm³/mol. The van der Waals surface area contributed by atoms with Crippen molar-refractivity contribution in [1.82, 2.24) is 10.3 Å². The maximum Gasteiger partial charge on any atom is 0.326 e. The molecule has 1 atom stereocenters. The number of hydrogen-bond donors (Lipinski definition) is 2. The number of pyridine rings is 1. The summed E-state index contributed by atoms with van der Waals surface area (Å²) >= 11 is 1.35. The predicted octanol–water partition coefficient (Wildman–Crippen LogP) is 2.03. The van der Waals surface area contributed by atoms with Gasteiger partial charge in [-0.25, -0.2) is 9.78 Å². The van der Waals surface area contributed by atoms with E-state index in [1.807, 2.05) is 6.26 Å². The highest BCUT2D eigenvalue weighted by Gasteiger charge is 2.33. The van der Waals surface area contributed by atoms with E-state index in [2.05, 4.69) is 10.3 Å². The fourth-order valence-electron chi connectivity index (χ4n) is 1.58. The van der Waals surface area contributed by atoms with Gasteiger partial charge < -0.3 is 10.4 Å². The Balaban J connectivity index is 2.98. The fraction of sp³-hybridized carbons (Fsp3) is 0.462. The van der Waals surface area contributed by atoms with E-state index in [4.69, 9.17) is 0 Å². The van der Waals surface area contributed by atoms with Gasteiger partial charge in [-0.15, -0.1) is 11.8 Å². The smallest absolute Gasteiger partial charge is 0.326 e. The first kappa shape index (κ1) is 15.5. The first-order valence-corrected chi connectivity index (χ1v) is 7.02. The zero-order valence-corrected chi connectivity index (χ0v) is 12.2. The molecular weight excluding hydrogens is 264 g/mol. The Morgan fingerprint density at radius 1 is 1.42 bits per heavy atom. The Hall–Kier alpha value is -1.56. The highest BCUT2D eigenvalue weighted by atomic mass is 32.2. The second-order valence-corrected chi connectivity index (χ2v) is 5.97. The van der Waals surface area contributed by atoms with E-state index in [0.717, 1.165) is 0 Å². The van der Waals surface area contributed by atoms with E-state index in [9.17, 15) is 14.7 Å². The minimum atomic E-state index is -1.05. The number of aromatic nitrogens is 1. The van der Waals surface area contributed by atoms with Crippen LogP contribution in [0.1, 0.15) is 31.1 Å². The minimum Gasteiger partial charge on any atom is -0.480 e.